The van der Waals surface area contributed by atoms with E-state index in [1.165, 1.54) is 35.0 Å². The number of rotatable bonds is 7. The summed E-state index contributed by atoms with van der Waals surface area (Å²) in [6, 6.07) is 10.6. The Balaban J connectivity index is 1.54. The number of carbonyl (C=O) groups excluding carboxylic acids is 1. The van der Waals surface area contributed by atoms with Crippen molar-refractivity contribution in [3.63, 3.8) is 0 Å². The van der Waals surface area contributed by atoms with E-state index in [1.54, 1.807) is 12.1 Å². The smallest absolute Gasteiger partial charge is 0.243 e. The van der Waals surface area contributed by atoms with Gasteiger partial charge in [-0.25, -0.2) is 12.8 Å². The second-order valence-electron chi connectivity index (χ2n) is 8.15. The Hall–Kier alpha value is -2.69. The van der Waals surface area contributed by atoms with Crippen molar-refractivity contribution >= 4 is 33.0 Å². The van der Waals surface area contributed by atoms with Gasteiger partial charge in [-0.1, -0.05) is 0 Å². The molecular formula is C23H29FN4O4S. The zero-order chi connectivity index (χ0) is 23.3. The second-order valence-corrected chi connectivity index (χ2v) is 10.1. The fourth-order valence-electron chi connectivity index (χ4n) is 4.08. The standard InChI is InChI=1S/C23H29FN4O4S/c24-18-4-6-19(7-5-18)26-23(29)17-25-21-16-20(33(30,31)28-12-14-32-15-13-28)8-9-22(21)27-10-2-1-3-11-27/h4-9,16,25H,1-3,10-15,17H2,(H,26,29). The normalized spacial score (nSPS) is 17.5. The maximum atomic E-state index is 13.2. The third-order valence-electron chi connectivity index (χ3n) is 5.84. The molecule has 2 aliphatic rings. The number of nitrogens with zero attached hydrogens (tertiary/aromatic N) is 2. The summed E-state index contributed by atoms with van der Waals surface area (Å²) in [5.74, 6) is -0.691. The highest BCUT2D eigenvalue weighted by molar-refractivity contribution is 7.89. The van der Waals surface area contributed by atoms with E-state index in [0.29, 0.717) is 37.7 Å². The van der Waals surface area contributed by atoms with Gasteiger partial charge < -0.3 is 20.3 Å². The lowest BCUT2D eigenvalue weighted by atomic mass is 10.1. The molecule has 1 amide bonds. The minimum Gasteiger partial charge on any atom is -0.379 e. The van der Waals surface area contributed by atoms with Crippen LogP contribution in [0.15, 0.2) is 47.4 Å². The van der Waals surface area contributed by atoms with Crippen LogP contribution in [0.1, 0.15) is 19.3 Å². The highest BCUT2D eigenvalue weighted by atomic mass is 32.2. The maximum Gasteiger partial charge on any atom is 0.243 e. The first-order chi connectivity index (χ1) is 15.9. The van der Waals surface area contributed by atoms with Gasteiger partial charge in [0.05, 0.1) is 36.0 Å². The molecule has 0 unspecified atom stereocenters. The third kappa shape index (κ3) is 5.82. The van der Waals surface area contributed by atoms with Crippen molar-refractivity contribution in [2.75, 3.05) is 61.5 Å². The van der Waals surface area contributed by atoms with Gasteiger partial charge in [0.15, 0.2) is 0 Å². The number of piperidine rings is 1. The minimum atomic E-state index is -3.66. The summed E-state index contributed by atoms with van der Waals surface area (Å²) in [6.45, 7) is 3.09. The Bertz CT molecular complexity index is 1070. The predicted molar refractivity (Wildman–Crippen MR) is 126 cm³/mol. The number of benzene rings is 2. The predicted octanol–water partition coefficient (Wildman–Crippen LogP) is 2.89. The summed E-state index contributed by atoms with van der Waals surface area (Å²) in [5.41, 5.74) is 1.97. The van der Waals surface area contributed by atoms with Crippen LogP contribution in [0.25, 0.3) is 0 Å². The Morgan fingerprint density at radius 2 is 1.67 bits per heavy atom. The van der Waals surface area contributed by atoms with Crippen LogP contribution in [0.2, 0.25) is 0 Å². The van der Waals surface area contributed by atoms with Crippen molar-refractivity contribution in [3.05, 3.63) is 48.3 Å². The van der Waals surface area contributed by atoms with Gasteiger partial charge in [0, 0.05) is 31.9 Å². The van der Waals surface area contributed by atoms with Gasteiger partial charge in [0.2, 0.25) is 15.9 Å². The van der Waals surface area contributed by atoms with Gasteiger partial charge in [-0.3, -0.25) is 4.79 Å². The largest absolute Gasteiger partial charge is 0.379 e. The summed E-state index contributed by atoms with van der Waals surface area (Å²) in [7, 11) is -3.66. The number of hydrogen-bond acceptors (Lipinski definition) is 6. The minimum absolute atomic E-state index is 0.0563. The number of hydrogen-bond donors (Lipinski definition) is 2. The number of nitrogens with one attached hydrogen (secondary N) is 2. The molecule has 0 bridgehead atoms. The van der Waals surface area contributed by atoms with Crippen LogP contribution in [-0.2, 0) is 19.6 Å². The van der Waals surface area contributed by atoms with Gasteiger partial charge in [0.25, 0.3) is 0 Å². The number of halogens is 1. The molecule has 0 saturated carbocycles. The fraction of sp³-hybridized carbons (Fsp3) is 0.435. The molecule has 33 heavy (non-hydrogen) atoms. The van der Waals surface area contributed by atoms with Gasteiger partial charge in [-0.05, 0) is 61.7 Å². The summed E-state index contributed by atoms with van der Waals surface area (Å²) < 4.78 is 46.1. The highest BCUT2D eigenvalue weighted by Gasteiger charge is 2.27. The molecule has 0 spiro atoms. The van der Waals surface area contributed by atoms with E-state index in [0.717, 1.165) is 31.6 Å². The molecule has 178 valence electrons. The molecule has 0 radical (unpaired) electrons. The Morgan fingerprint density at radius 3 is 2.36 bits per heavy atom. The van der Waals surface area contributed by atoms with E-state index in [-0.39, 0.29) is 23.2 Å². The lowest BCUT2D eigenvalue weighted by Crippen LogP contribution is -2.40. The summed E-state index contributed by atoms with van der Waals surface area (Å²) in [5, 5.41) is 5.83. The quantitative estimate of drug-likeness (QED) is 0.639. The van der Waals surface area contributed by atoms with Crippen LogP contribution in [0.3, 0.4) is 0 Å². The van der Waals surface area contributed by atoms with E-state index in [4.69, 9.17) is 4.74 Å². The molecule has 0 aliphatic carbocycles. The van der Waals surface area contributed by atoms with Crippen molar-refractivity contribution in [1.82, 2.24) is 4.31 Å². The van der Waals surface area contributed by atoms with Gasteiger partial charge in [0.1, 0.15) is 5.82 Å². The SMILES string of the molecule is O=C(CNc1cc(S(=O)(=O)N2CCOCC2)ccc1N1CCCCC1)Nc1ccc(F)cc1. The highest BCUT2D eigenvalue weighted by Crippen LogP contribution is 2.32. The number of carbonyl (C=O) groups is 1. The van der Waals surface area contributed by atoms with Crippen LogP contribution in [0, 0.1) is 5.82 Å². The van der Waals surface area contributed by atoms with Crippen molar-refractivity contribution in [2.24, 2.45) is 0 Å². The lowest BCUT2D eigenvalue weighted by molar-refractivity contribution is -0.114. The fourth-order valence-corrected chi connectivity index (χ4v) is 5.51. The molecule has 2 fully saturated rings. The molecule has 8 nitrogen and oxygen atoms in total. The van der Waals surface area contributed by atoms with Crippen LogP contribution in [0.5, 0.6) is 0 Å². The molecule has 4 rings (SSSR count). The van der Waals surface area contributed by atoms with Gasteiger partial charge in [-0.2, -0.15) is 4.31 Å². The first kappa shape index (κ1) is 23.5. The summed E-state index contributed by atoms with van der Waals surface area (Å²) in [6.07, 6.45) is 3.31. The van der Waals surface area contributed by atoms with Crippen molar-refractivity contribution in [2.45, 2.75) is 24.2 Å². The molecule has 2 aromatic carbocycles. The van der Waals surface area contributed by atoms with Crippen LogP contribution >= 0.6 is 0 Å². The molecule has 2 heterocycles. The molecule has 2 aromatic rings. The number of anilines is 3. The number of ether oxygens (including phenoxy) is 1. The summed E-state index contributed by atoms with van der Waals surface area (Å²) >= 11 is 0. The summed E-state index contributed by atoms with van der Waals surface area (Å²) in [4.78, 5) is 14.9. The molecule has 2 aliphatic heterocycles. The molecule has 0 atom stereocenters. The van der Waals surface area contributed by atoms with Crippen molar-refractivity contribution in [1.29, 1.82) is 0 Å². The second kappa shape index (κ2) is 10.5. The topological polar surface area (TPSA) is 91.0 Å². The molecule has 0 aromatic heterocycles. The van der Waals surface area contributed by atoms with Crippen molar-refractivity contribution in [3.8, 4) is 0 Å². The van der Waals surface area contributed by atoms with Gasteiger partial charge >= 0.3 is 0 Å². The third-order valence-corrected chi connectivity index (χ3v) is 7.73. The zero-order valence-electron chi connectivity index (χ0n) is 18.4. The van der Waals surface area contributed by atoms with E-state index in [2.05, 4.69) is 15.5 Å². The van der Waals surface area contributed by atoms with E-state index < -0.39 is 10.0 Å². The average Bonchev–Trinajstić information content (AvgIpc) is 2.85. The zero-order valence-corrected chi connectivity index (χ0v) is 19.2. The Labute approximate surface area is 193 Å². The maximum absolute atomic E-state index is 13.2. The Kier molecular flexibility index (Phi) is 7.46. The van der Waals surface area contributed by atoms with E-state index >= 15 is 0 Å². The number of morpholine rings is 1. The van der Waals surface area contributed by atoms with Gasteiger partial charge in [-0.15, -0.1) is 0 Å². The van der Waals surface area contributed by atoms with Crippen molar-refractivity contribution < 1.29 is 22.3 Å². The average molecular weight is 477 g/mol. The van der Waals surface area contributed by atoms with Crippen LogP contribution < -0.4 is 15.5 Å². The molecule has 2 saturated heterocycles. The van der Waals surface area contributed by atoms with E-state index in [9.17, 15) is 17.6 Å². The molecule has 2 N–H and O–H groups in total. The number of amides is 1. The molecular weight excluding hydrogens is 447 g/mol. The Morgan fingerprint density at radius 1 is 0.970 bits per heavy atom. The lowest BCUT2D eigenvalue weighted by Gasteiger charge is -2.31. The first-order valence-electron chi connectivity index (χ1n) is 11.2. The van der Waals surface area contributed by atoms with E-state index in [1.807, 2.05) is 6.07 Å². The van der Waals surface area contributed by atoms with Crippen LogP contribution in [0.4, 0.5) is 21.5 Å². The van der Waals surface area contributed by atoms with Crippen LogP contribution in [-0.4, -0.2) is 64.6 Å². The number of sulfonamides is 1. The molecule has 10 heteroatoms. The monoisotopic (exact) mass is 476 g/mol. The first-order valence-corrected chi connectivity index (χ1v) is 12.6.